The van der Waals surface area contributed by atoms with Gasteiger partial charge in [0.05, 0.1) is 52.1 Å². The molecule has 6 aromatic carbocycles. The standard InChI is InChI=1S/C41H25F3N4/c1-24-16-18-28-26-10-5-7-14-33(26)47(36(28)22-24)35-21-20-30(38-31(41(42,43)44)12-9-13-32(38)45-3)40(39(35)46-4)48-34-15-8-6-11-27(34)29-19-17-25(2)23-37(29)48/h5-23H,1-2H3. The molecule has 8 aromatic rings. The second kappa shape index (κ2) is 10.6. The van der Waals surface area contributed by atoms with E-state index in [-0.39, 0.29) is 22.5 Å². The minimum atomic E-state index is -4.74. The lowest BCUT2D eigenvalue weighted by molar-refractivity contribution is -0.137. The van der Waals surface area contributed by atoms with Crippen molar-refractivity contribution in [3.63, 3.8) is 0 Å². The summed E-state index contributed by atoms with van der Waals surface area (Å²) in [5.41, 5.74) is 5.10. The minimum absolute atomic E-state index is 0.140. The number of fused-ring (bicyclic) bond motifs is 6. The highest BCUT2D eigenvalue weighted by atomic mass is 19.4. The Bertz CT molecular complexity index is 2710. The lowest BCUT2D eigenvalue weighted by Gasteiger charge is -2.23. The van der Waals surface area contributed by atoms with Crippen LogP contribution in [0, 0.1) is 27.0 Å². The Kier molecular flexibility index (Phi) is 6.44. The topological polar surface area (TPSA) is 18.6 Å². The molecule has 0 saturated heterocycles. The van der Waals surface area contributed by atoms with Crippen molar-refractivity contribution in [2.75, 3.05) is 0 Å². The highest BCUT2D eigenvalue weighted by molar-refractivity contribution is 6.13. The summed E-state index contributed by atoms with van der Waals surface area (Å²) in [7, 11) is 0. The van der Waals surface area contributed by atoms with Crippen LogP contribution < -0.4 is 0 Å². The maximum atomic E-state index is 14.8. The molecule has 0 aliphatic rings. The summed E-state index contributed by atoms with van der Waals surface area (Å²) in [6.45, 7) is 20.6. The molecule has 8 rings (SSSR count). The zero-order valence-corrected chi connectivity index (χ0v) is 25.9. The molecule has 0 radical (unpaired) electrons. The predicted molar refractivity (Wildman–Crippen MR) is 188 cm³/mol. The monoisotopic (exact) mass is 630 g/mol. The second-order valence-corrected chi connectivity index (χ2v) is 12.0. The molecule has 2 heterocycles. The molecule has 0 spiro atoms. The van der Waals surface area contributed by atoms with Crippen LogP contribution in [0.5, 0.6) is 0 Å². The first-order chi connectivity index (χ1) is 23.2. The number of aromatic nitrogens is 2. The van der Waals surface area contributed by atoms with Gasteiger partial charge in [0.2, 0.25) is 5.69 Å². The van der Waals surface area contributed by atoms with E-state index in [4.69, 9.17) is 13.1 Å². The quantitative estimate of drug-likeness (QED) is 0.173. The molecule has 0 bridgehead atoms. The molecule has 0 N–H and O–H groups in total. The molecule has 230 valence electrons. The van der Waals surface area contributed by atoms with Crippen molar-refractivity contribution in [3.8, 4) is 22.5 Å². The van der Waals surface area contributed by atoms with E-state index in [0.29, 0.717) is 11.4 Å². The third-order valence-electron chi connectivity index (χ3n) is 9.10. The summed E-state index contributed by atoms with van der Waals surface area (Å²) >= 11 is 0. The van der Waals surface area contributed by atoms with Gasteiger partial charge in [0.15, 0.2) is 5.69 Å². The molecule has 0 saturated carbocycles. The average molecular weight is 631 g/mol. The number of rotatable bonds is 3. The van der Waals surface area contributed by atoms with Gasteiger partial charge < -0.3 is 9.13 Å². The zero-order chi connectivity index (χ0) is 33.3. The summed E-state index contributed by atoms with van der Waals surface area (Å²) < 4.78 is 48.3. The van der Waals surface area contributed by atoms with Crippen LogP contribution in [0.3, 0.4) is 0 Å². The largest absolute Gasteiger partial charge is 0.415 e. The van der Waals surface area contributed by atoms with Gasteiger partial charge in [-0.3, -0.25) is 0 Å². The van der Waals surface area contributed by atoms with Crippen molar-refractivity contribution >= 4 is 55.0 Å². The third-order valence-corrected chi connectivity index (χ3v) is 9.10. The second-order valence-electron chi connectivity index (χ2n) is 12.0. The van der Waals surface area contributed by atoms with Gasteiger partial charge in [0.25, 0.3) is 0 Å². The summed E-state index contributed by atoms with van der Waals surface area (Å²) in [4.78, 5) is 7.70. The van der Waals surface area contributed by atoms with E-state index in [1.54, 1.807) is 12.1 Å². The van der Waals surface area contributed by atoms with Crippen molar-refractivity contribution in [1.82, 2.24) is 9.13 Å². The minimum Gasteiger partial charge on any atom is -0.319 e. The fourth-order valence-corrected chi connectivity index (χ4v) is 7.10. The number of aryl methyl sites for hydroxylation is 2. The summed E-state index contributed by atoms with van der Waals surface area (Å²) in [5.74, 6) is 0. The molecule has 0 unspecified atom stereocenters. The molecular formula is C41H25F3N4. The number of alkyl halides is 3. The lowest BCUT2D eigenvalue weighted by atomic mass is 9.94. The normalized spacial score (nSPS) is 11.8. The molecule has 0 aliphatic heterocycles. The first-order valence-corrected chi connectivity index (χ1v) is 15.3. The SMILES string of the molecule is [C-]#[N+]c1cccc(C(F)(F)F)c1-c1ccc(-n2c3ccccc3c3ccc(C)cc32)c([N+]#[C-])c1-n1c2ccccc2c2ccc(C)cc21. The lowest BCUT2D eigenvalue weighted by Crippen LogP contribution is -2.09. The van der Waals surface area contributed by atoms with E-state index in [9.17, 15) is 13.2 Å². The first kappa shape index (κ1) is 29.1. The fourth-order valence-electron chi connectivity index (χ4n) is 7.10. The Balaban J connectivity index is 1.63. The molecule has 0 atom stereocenters. The van der Waals surface area contributed by atoms with Crippen LogP contribution in [-0.2, 0) is 6.18 Å². The molecule has 0 aliphatic carbocycles. The van der Waals surface area contributed by atoms with Crippen LogP contribution in [0.2, 0.25) is 0 Å². The van der Waals surface area contributed by atoms with Crippen molar-refractivity contribution < 1.29 is 13.2 Å². The van der Waals surface area contributed by atoms with Crippen LogP contribution in [0.25, 0.3) is 75.8 Å². The Labute approximate surface area is 274 Å². The van der Waals surface area contributed by atoms with Gasteiger partial charge in [-0.25, -0.2) is 9.69 Å². The van der Waals surface area contributed by atoms with Gasteiger partial charge in [0.1, 0.15) is 0 Å². The van der Waals surface area contributed by atoms with E-state index in [1.807, 2.05) is 95.8 Å². The third kappa shape index (κ3) is 4.22. The molecule has 48 heavy (non-hydrogen) atoms. The number of benzene rings is 6. The van der Waals surface area contributed by atoms with E-state index >= 15 is 0 Å². The van der Waals surface area contributed by atoms with Crippen molar-refractivity contribution in [2.24, 2.45) is 0 Å². The molecule has 4 nitrogen and oxygen atoms in total. The van der Waals surface area contributed by atoms with E-state index < -0.39 is 11.7 Å². The van der Waals surface area contributed by atoms with Crippen molar-refractivity contribution in [3.05, 3.63) is 155 Å². The van der Waals surface area contributed by atoms with Crippen LogP contribution in [0.4, 0.5) is 24.5 Å². The maximum Gasteiger partial charge on any atom is 0.415 e. The van der Waals surface area contributed by atoms with Gasteiger partial charge in [-0.15, -0.1) is 0 Å². The van der Waals surface area contributed by atoms with Crippen LogP contribution in [0.1, 0.15) is 16.7 Å². The van der Waals surface area contributed by atoms with Crippen molar-refractivity contribution in [1.29, 1.82) is 0 Å². The Morgan fingerprint density at radius 1 is 0.562 bits per heavy atom. The number of hydrogen-bond acceptors (Lipinski definition) is 0. The fraction of sp³-hybridized carbons (Fsp3) is 0.0732. The van der Waals surface area contributed by atoms with Crippen LogP contribution in [0.15, 0.2) is 115 Å². The maximum absolute atomic E-state index is 14.8. The Morgan fingerprint density at radius 3 is 1.71 bits per heavy atom. The smallest absolute Gasteiger partial charge is 0.319 e. The van der Waals surface area contributed by atoms with E-state index in [0.717, 1.165) is 60.8 Å². The highest BCUT2D eigenvalue weighted by Gasteiger charge is 2.36. The zero-order valence-electron chi connectivity index (χ0n) is 25.9. The molecule has 0 amide bonds. The summed E-state index contributed by atoms with van der Waals surface area (Å²) in [6, 6.07) is 34.9. The van der Waals surface area contributed by atoms with Crippen LogP contribution >= 0.6 is 0 Å². The van der Waals surface area contributed by atoms with E-state index in [1.165, 1.54) is 12.1 Å². The van der Waals surface area contributed by atoms with E-state index in [2.05, 4.69) is 21.8 Å². The van der Waals surface area contributed by atoms with Crippen LogP contribution in [-0.4, -0.2) is 9.13 Å². The van der Waals surface area contributed by atoms with Gasteiger partial charge in [-0.2, -0.15) is 13.2 Å². The summed E-state index contributed by atoms with van der Waals surface area (Å²) in [5, 5.41) is 3.81. The first-order valence-electron chi connectivity index (χ1n) is 15.3. The number of para-hydroxylation sites is 2. The van der Waals surface area contributed by atoms with Gasteiger partial charge >= 0.3 is 6.18 Å². The van der Waals surface area contributed by atoms with Gasteiger partial charge in [-0.05, 0) is 60.9 Å². The number of halogens is 3. The number of nitrogens with zero attached hydrogens (tertiary/aromatic N) is 4. The number of hydrogen-bond donors (Lipinski definition) is 0. The molecule has 2 aromatic heterocycles. The predicted octanol–water partition coefficient (Wildman–Crippen LogP) is 12.3. The summed E-state index contributed by atoms with van der Waals surface area (Å²) in [6.07, 6.45) is -4.74. The molecule has 7 heteroatoms. The van der Waals surface area contributed by atoms with Gasteiger partial charge in [-0.1, -0.05) is 84.9 Å². The Morgan fingerprint density at radius 2 is 1.12 bits per heavy atom. The average Bonchev–Trinajstić information content (AvgIpc) is 3.58. The molecule has 0 fully saturated rings. The van der Waals surface area contributed by atoms with Gasteiger partial charge in [0, 0.05) is 27.1 Å². The highest BCUT2D eigenvalue weighted by Crippen LogP contribution is 2.50. The van der Waals surface area contributed by atoms with Crippen molar-refractivity contribution in [2.45, 2.75) is 20.0 Å². The molecular weight excluding hydrogens is 605 g/mol. The Hall–Kier alpha value is -6.31.